The van der Waals surface area contributed by atoms with E-state index >= 15 is 0 Å². The fourth-order valence-corrected chi connectivity index (χ4v) is 2.33. The Morgan fingerprint density at radius 2 is 1.89 bits per heavy atom. The summed E-state index contributed by atoms with van der Waals surface area (Å²) in [7, 11) is 2.01. The van der Waals surface area contributed by atoms with Crippen molar-refractivity contribution in [1.29, 1.82) is 0 Å². The van der Waals surface area contributed by atoms with Crippen molar-refractivity contribution in [3.8, 4) is 11.4 Å². The second kappa shape index (κ2) is 4.48. The molecule has 1 aromatic heterocycles. The van der Waals surface area contributed by atoms with Crippen LogP contribution < -0.4 is 5.73 Å². The SMILES string of the molecule is Cn1c(-c2ccccc2)nc2cc(C(N)=S)ccc21. The first kappa shape index (κ1) is 11.9. The van der Waals surface area contributed by atoms with Gasteiger partial charge in [0, 0.05) is 18.2 Å². The second-order valence-electron chi connectivity index (χ2n) is 4.43. The highest BCUT2D eigenvalue weighted by Crippen LogP contribution is 2.24. The van der Waals surface area contributed by atoms with Crippen molar-refractivity contribution in [2.75, 3.05) is 0 Å². The monoisotopic (exact) mass is 267 g/mol. The smallest absolute Gasteiger partial charge is 0.140 e. The molecular formula is C15H13N3S. The number of aryl methyl sites for hydroxylation is 1. The van der Waals surface area contributed by atoms with E-state index in [1.165, 1.54) is 0 Å². The van der Waals surface area contributed by atoms with Gasteiger partial charge in [0.2, 0.25) is 0 Å². The number of nitrogens with zero attached hydrogens (tertiary/aromatic N) is 2. The van der Waals surface area contributed by atoms with Gasteiger partial charge in [-0.15, -0.1) is 0 Å². The van der Waals surface area contributed by atoms with Gasteiger partial charge in [-0.1, -0.05) is 42.5 Å². The fraction of sp³-hybridized carbons (Fsp3) is 0.0667. The quantitative estimate of drug-likeness (QED) is 0.726. The molecule has 3 rings (SSSR count). The molecule has 19 heavy (non-hydrogen) atoms. The third-order valence-corrected chi connectivity index (χ3v) is 3.43. The van der Waals surface area contributed by atoms with Crippen LogP contribution in [0.15, 0.2) is 48.5 Å². The maximum atomic E-state index is 5.66. The lowest BCUT2D eigenvalue weighted by Crippen LogP contribution is -2.08. The lowest BCUT2D eigenvalue weighted by molar-refractivity contribution is 0.959. The van der Waals surface area contributed by atoms with Crippen LogP contribution in [-0.4, -0.2) is 14.5 Å². The summed E-state index contributed by atoms with van der Waals surface area (Å²) in [4.78, 5) is 5.07. The van der Waals surface area contributed by atoms with Crippen LogP contribution in [0.2, 0.25) is 0 Å². The van der Waals surface area contributed by atoms with E-state index in [0.29, 0.717) is 4.99 Å². The lowest BCUT2D eigenvalue weighted by atomic mass is 10.2. The molecule has 0 amide bonds. The Morgan fingerprint density at radius 3 is 2.58 bits per heavy atom. The zero-order valence-corrected chi connectivity index (χ0v) is 11.3. The molecule has 3 aromatic rings. The Labute approximate surface area is 116 Å². The molecular weight excluding hydrogens is 254 g/mol. The predicted molar refractivity (Wildman–Crippen MR) is 82.0 cm³/mol. The minimum Gasteiger partial charge on any atom is -0.389 e. The number of fused-ring (bicyclic) bond motifs is 1. The van der Waals surface area contributed by atoms with Crippen LogP contribution in [0.3, 0.4) is 0 Å². The number of imidazole rings is 1. The van der Waals surface area contributed by atoms with Gasteiger partial charge in [0.25, 0.3) is 0 Å². The fourth-order valence-electron chi connectivity index (χ4n) is 2.20. The minimum atomic E-state index is 0.397. The first-order valence-electron chi connectivity index (χ1n) is 5.98. The number of benzene rings is 2. The van der Waals surface area contributed by atoms with Crippen molar-refractivity contribution in [3.63, 3.8) is 0 Å². The number of hydrogen-bond donors (Lipinski definition) is 1. The van der Waals surface area contributed by atoms with Crippen LogP contribution in [0, 0.1) is 0 Å². The molecule has 2 aromatic carbocycles. The standard InChI is InChI=1S/C15H13N3S/c1-18-13-8-7-11(14(16)19)9-12(13)17-15(18)10-5-3-2-4-6-10/h2-9H,1H3,(H2,16,19). The van der Waals surface area contributed by atoms with Crippen molar-refractivity contribution >= 4 is 28.2 Å². The molecule has 0 aliphatic carbocycles. The Kier molecular flexibility index (Phi) is 2.80. The van der Waals surface area contributed by atoms with Gasteiger partial charge < -0.3 is 10.3 Å². The van der Waals surface area contributed by atoms with Crippen LogP contribution >= 0.6 is 12.2 Å². The number of nitrogens with two attached hydrogens (primary N) is 1. The molecule has 0 fully saturated rings. The average molecular weight is 267 g/mol. The summed E-state index contributed by atoms with van der Waals surface area (Å²) in [5.74, 6) is 0.940. The molecule has 1 heterocycles. The van der Waals surface area contributed by atoms with Gasteiger partial charge in [0.1, 0.15) is 10.8 Å². The van der Waals surface area contributed by atoms with Crippen LogP contribution in [0.5, 0.6) is 0 Å². The van der Waals surface area contributed by atoms with Crippen molar-refractivity contribution in [2.45, 2.75) is 0 Å². The maximum absolute atomic E-state index is 5.66. The number of rotatable bonds is 2. The van der Waals surface area contributed by atoms with E-state index in [1.54, 1.807) is 0 Å². The van der Waals surface area contributed by atoms with Crippen molar-refractivity contribution in [3.05, 3.63) is 54.1 Å². The third-order valence-electron chi connectivity index (χ3n) is 3.20. The van der Waals surface area contributed by atoms with E-state index in [2.05, 4.69) is 21.7 Å². The van der Waals surface area contributed by atoms with Gasteiger partial charge in [-0.2, -0.15) is 0 Å². The van der Waals surface area contributed by atoms with Crippen molar-refractivity contribution in [2.24, 2.45) is 12.8 Å². The summed E-state index contributed by atoms with van der Waals surface area (Å²) in [5.41, 5.74) is 9.58. The molecule has 0 aliphatic heterocycles. The molecule has 4 heteroatoms. The van der Waals surface area contributed by atoms with E-state index < -0.39 is 0 Å². The molecule has 0 aliphatic rings. The molecule has 0 atom stereocenters. The summed E-state index contributed by atoms with van der Waals surface area (Å²) >= 11 is 5.00. The van der Waals surface area contributed by atoms with E-state index in [4.69, 9.17) is 18.0 Å². The minimum absolute atomic E-state index is 0.397. The molecule has 0 radical (unpaired) electrons. The van der Waals surface area contributed by atoms with E-state index in [-0.39, 0.29) is 0 Å². The number of thiocarbonyl (C=S) groups is 1. The third kappa shape index (κ3) is 2.00. The van der Waals surface area contributed by atoms with Gasteiger partial charge in [-0.25, -0.2) is 4.98 Å². The summed E-state index contributed by atoms with van der Waals surface area (Å²) in [6, 6.07) is 16.0. The number of hydrogen-bond acceptors (Lipinski definition) is 2. The molecule has 94 valence electrons. The normalized spacial score (nSPS) is 10.8. The van der Waals surface area contributed by atoms with Crippen molar-refractivity contribution in [1.82, 2.24) is 9.55 Å². The largest absolute Gasteiger partial charge is 0.389 e. The summed E-state index contributed by atoms with van der Waals surface area (Å²) in [5, 5.41) is 0. The zero-order valence-electron chi connectivity index (χ0n) is 10.5. The summed E-state index contributed by atoms with van der Waals surface area (Å²) < 4.78 is 2.08. The first-order chi connectivity index (χ1) is 9.16. The molecule has 0 bridgehead atoms. The predicted octanol–water partition coefficient (Wildman–Crippen LogP) is 2.87. The molecule has 0 unspecified atom stereocenters. The number of aromatic nitrogens is 2. The van der Waals surface area contributed by atoms with Crippen LogP contribution in [0.4, 0.5) is 0 Å². The van der Waals surface area contributed by atoms with Gasteiger partial charge in [-0.05, 0) is 18.2 Å². The van der Waals surface area contributed by atoms with Crippen molar-refractivity contribution < 1.29 is 0 Å². The van der Waals surface area contributed by atoms with E-state index in [0.717, 1.165) is 28.0 Å². The highest BCUT2D eigenvalue weighted by molar-refractivity contribution is 7.80. The average Bonchev–Trinajstić information content (AvgIpc) is 2.76. The Hall–Kier alpha value is -2.20. The van der Waals surface area contributed by atoms with Gasteiger partial charge in [0.15, 0.2) is 0 Å². The molecule has 0 saturated heterocycles. The van der Waals surface area contributed by atoms with E-state index in [1.807, 2.05) is 43.4 Å². The molecule has 0 spiro atoms. The van der Waals surface area contributed by atoms with Gasteiger partial charge >= 0.3 is 0 Å². The van der Waals surface area contributed by atoms with E-state index in [9.17, 15) is 0 Å². The Balaban J connectivity index is 2.23. The summed E-state index contributed by atoms with van der Waals surface area (Å²) in [6.45, 7) is 0. The lowest BCUT2D eigenvalue weighted by Gasteiger charge is -2.02. The second-order valence-corrected chi connectivity index (χ2v) is 4.87. The Morgan fingerprint density at radius 1 is 1.16 bits per heavy atom. The first-order valence-corrected chi connectivity index (χ1v) is 6.39. The molecule has 3 nitrogen and oxygen atoms in total. The zero-order chi connectivity index (χ0) is 13.4. The van der Waals surface area contributed by atoms with Gasteiger partial charge in [0.05, 0.1) is 11.0 Å². The maximum Gasteiger partial charge on any atom is 0.140 e. The van der Waals surface area contributed by atoms with Crippen LogP contribution in [-0.2, 0) is 7.05 Å². The highest BCUT2D eigenvalue weighted by Gasteiger charge is 2.10. The van der Waals surface area contributed by atoms with Crippen LogP contribution in [0.25, 0.3) is 22.4 Å². The highest BCUT2D eigenvalue weighted by atomic mass is 32.1. The molecule has 2 N–H and O–H groups in total. The molecule has 0 saturated carbocycles. The van der Waals surface area contributed by atoms with Crippen LogP contribution in [0.1, 0.15) is 5.56 Å². The summed E-state index contributed by atoms with van der Waals surface area (Å²) in [6.07, 6.45) is 0. The Bertz CT molecular complexity index is 760. The van der Waals surface area contributed by atoms with Gasteiger partial charge in [-0.3, -0.25) is 0 Å². The topological polar surface area (TPSA) is 43.8 Å².